The van der Waals surface area contributed by atoms with E-state index in [1.54, 1.807) is 11.8 Å². The minimum Gasteiger partial charge on any atom is -0.490 e. The molecular weight excluding hydrogens is 412 g/mol. The molecule has 0 aromatic heterocycles. The normalized spacial score (nSPS) is 16.1. The predicted octanol–water partition coefficient (Wildman–Crippen LogP) is 4.36. The molecule has 2 aromatic carbocycles. The van der Waals surface area contributed by atoms with Crippen molar-refractivity contribution < 1.29 is 19.0 Å². The second-order valence-electron chi connectivity index (χ2n) is 7.07. The fourth-order valence-electron chi connectivity index (χ4n) is 3.39. The lowest BCUT2D eigenvalue weighted by atomic mass is 9.95. The zero-order chi connectivity index (χ0) is 22.4. The van der Waals surface area contributed by atoms with Gasteiger partial charge in [-0.05, 0) is 56.2 Å². The van der Waals surface area contributed by atoms with E-state index in [-0.39, 0.29) is 5.97 Å². The van der Waals surface area contributed by atoms with Crippen molar-refractivity contribution in [2.75, 3.05) is 20.3 Å². The third-order valence-electron chi connectivity index (χ3n) is 5.09. The Bertz CT molecular complexity index is 975. The topological polar surface area (TPSA) is 60.0 Å². The van der Waals surface area contributed by atoms with Gasteiger partial charge in [-0.15, -0.1) is 0 Å². The molecule has 1 aliphatic heterocycles. The van der Waals surface area contributed by atoms with Crippen molar-refractivity contribution >= 4 is 23.3 Å². The largest absolute Gasteiger partial charge is 0.490 e. The molecule has 6 nitrogen and oxygen atoms in total. The van der Waals surface area contributed by atoms with E-state index < -0.39 is 6.04 Å². The van der Waals surface area contributed by atoms with Crippen molar-refractivity contribution in [3.63, 3.8) is 0 Å². The van der Waals surface area contributed by atoms with Crippen molar-refractivity contribution in [3.8, 4) is 11.5 Å². The van der Waals surface area contributed by atoms with E-state index in [9.17, 15) is 4.79 Å². The molecule has 0 spiro atoms. The van der Waals surface area contributed by atoms with Crippen molar-refractivity contribution in [1.29, 1.82) is 0 Å². The molecule has 3 rings (SSSR count). The molecule has 0 radical (unpaired) electrons. The first kappa shape index (κ1) is 22.6. The Labute approximate surface area is 188 Å². The molecule has 7 heteroatoms. The van der Waals surface area contributed by atoms with E-state index in [0.29, 0.717) is 42.0 Å². The molecule has 0 saturated carbocycles. The van der Waals surface area contributed by atoms with Gasteiger partial charge < -0.3 is 24.4 Å². The fourth-order valence-corrected chi connectivity index (χ4v) is 3.64. The van der Waals surface area contributed by atoms with Gasteiger partial charge in [0, 0.05) is 12.7 Å². The molecule has 31 heavy (non-hydrogen) atoms. The summed E-state index contributed by atoms with van der Waals surface area (Å²) in [7, 11) is 1.83. The van der Waals surface area contributed by atoms with E-state index in [0.717, 1.165) is 16.8 Å². The average Bonchev–Trinajstić information content (AvgIpc) is 2.77. The Morgan fingerprint density at radius 3 is 2.48 bits per heavy atom. The number of nitrogens with zero attached hydrogens (tertiary/aromatic N) is 1. The Morgan fingerprint density at radius 2 is 1.81 bits per heavy atom. The number of carbonyl (C=O) groups excluding carboxylic acids is 1. The van der Waals surface area contributed by atoms with Gasteiger partial charge in [-0.3, -0.25) is 0 Å². The van der Waals surface area contributed by atoms with E-state index >= 15 is 0 Å². The van der Waals surface area contributed by atoms with Crippen LogP contribution in [0, 0.1) is 0 Å². The number of rotatable bonds is 8. The van der Waals surface area contributed by atoms with Crippen molar-refractivity contribution in [3.05, 3.63) is 70.9 Å². The van der Waals surface area contributed by atoms with E-state index in [1.165, 1.54) is 0 Å². The van der Waals surface area contributed by atoms with Gasteiger partial charge in [0.25, 0.3) is 0 Å². The lowest BCUT2D eigenvalue weighted by Crippen LogP contribution is -2.46. The highest BCUT2D eigenvalue weighted by molar-refractivity contribution is 7.80. The average molecular weight is 441 g/mol. The van der Waals surface area contributed by atoms with E-state index in [1.807, 2.05) is 69.4 Å². The van der Waals surface area contributed by atoms with Crippen LogP contribution in [-0.2, 0) is 16.1 Å². The third kappa shape index (κ3) is 5.17. The summed E-state index contributed by atoms with van der Waals surface area (Å²) in [5.74, 6) is 0.890. The zero-order valence-corrected chi connectivity index (χ0v) is 19.1. The van der Waals surface area contributed by atoms with Crippen LogP contribution in [0.4, 0.5) is 0 Å². The number of benzene rings is 2. The molecule has 1 N–H and O–H groups in total. The van der Waals surface area contributed by atoms with Crippen LogP contribution >= 0.6 is 12.2 Å². The summed E-state index contributed by atoms with van der Waals surface area (Å²) in [4.78, 5) is 14.5. The quantitative estimate of drug-likeness (QED) is 0.483. The summed E-state index contributed by atoms with van der Waals surface area (Å²) in [5, 5.41) is 3.79. The molecule has 1 heterocycles. The molecule has 0 bridgehead atoms. The molecule has 0 fully saturated rings. The zero-order valence-electron chi connectivity index (χ0n) is 18.3. The minimum absolute atomic E-state index is 0.299. The smallest absolute Gasteiger partial charge is 0.338 e. The van der Waals surface area contributed by atoms with Crippen LogP contribution in [0.3, 0.4) is 0 Å². The number of esters is 1. The van der Waals surface area contributed by atoms with Crippen molar-refractivity contribution in [2.45, 2.75) is 33.4 Å². The van der Waals surface area contributed by atoms with Gasteiger partial charge in [0.1, 0.15) is 6.61 Å². The van der Waals surface area contributed by atoms with Crippen LogP contribution in [0.25, 0.3) is 0 Å². The fraction of sp³-hybridized carbons (Fsp3) is 0.333. The van der Waals surface area contributed by atoms with Crippen LogP contribution in [0.1, 0.15) is 37.9 Å². The highest BCUT2D eigenvalue weighted by Gasteiger charge is 2.33. The predicted molar refractivity (Wildman–Crippen MR) is 124 cm³/mol. The number of hydrogen-bond acceptors (Lipinski definition) is 5. The third-order valence-corrected chi connectivity index (χ3v) is 5.48. The van der Waals surface area contributed by atoms with Gasteiger partial charge in [-0.1, -0.05) is 36.4 Å². The van der Waals surface area contributed by atoms with Crippen LogP contribution in [0.5, 0.6) is 11.5 Å². The second-order valence-corrected chi connectivity index (χ2v) is 7.46. The molecule has 164 valence electrons. The Morgan fingerprint density at radius 1 is 1.06 bits per heavy atom. The molecule has 1 aliphatic rings. The number of thiocarbonyl (C=S) groups is 1. The molecule has 2 aromatic rings. The number of carbonyl (C=O) groups is 1. The van der Waals surface area contributed by atoms with Crippen LogP contribution in [-0.4, -0.2) is 36.2 Å². The van der Waals surface area contributed by atoms with Gasteiger partial charge in [0.15, 0.2) is 16.6 Å². The summed E-state index contributed by atoms with van der Waals surface area (Å²) in [5.41, 5.74) is 3.20. The van der Waals surface area contributed by atoms with Crippen molar-refractivity contribution in [1.82, 2.24) is 10.2 Å². The highest BCUT2D eigenvalue weighted by Crippen LogP contribution is 2.36. The first-order chi connectivity index (χ1) is 15.0. The summed E-state index contributed by atoms with van der Waals surface area (Å²) < 4.78 is 17.2. The Kier molecular flexibility index (Phi) is 7.52. The SMILES string of the molecule is CCOC(=O)C1=C(C)N(C)C(=S)N[C@H]1c1ccc(OCc2ccccc2)c(OCC)c1. The second kappa shape index (κ2) is 10.3. The minimum atomic E-state index is -0.440. The number of nitrogens with one attached hydrogen (secondary N) is 1. The summed E-state index contributed by atoms with van der Waals surface area (Å²) in [6, 6.07) is 15.2. The maximum Gasteiger partial charge on any atom is 0.338 e. The first-order valence-corrected chi connectivity index (χ1v) is 10.7. The molecule has 0 unspecified atom stereocenters. The lowest BCUT2D eigenvalue weighted by Gasteiger charge is -2.35. The molecular formula is C24H28N2O4S. The summed E-state index contributed by atoms with van der Waals surface area (Å²) in [6.07, 6.45) is 0. The Balaban J connectivity index is 1.94. The molecule has 1 atom stereocenters. The van der Waals surface area contributed by atoms with Crippen LogP contribution < -0.4 is 14.8 Å². The Hall–Kier alpha value is -3.06. The van der Waals surface area contributed by atoms with Gasteiger partial charge in [-0.25, -0.2) is 4.79 Å². The standard InChI is InChI=1S/C24H28N2O4S/c1-5-28-20-14-18(12-13-19(20)30-15-17-10-8-7-9-11-17)22-21(23(27)29-6-2)16(3)26(4)24(31)25-22/h7-14,22H,5-6,15H2,1-4H3,(H,25,31)/t22-/m0/s1. The first-order valence-electron chi connectivity index (χ1n) is 10.3. The maximum absolute atomic E-state index is 12.7. The van der Waals surface area contributed by atoms with Crippen molar-refractivity contribution in [2.24, 2.45) is 0 Å². The number of allylic oxidation sites excluding steroid dienone is 1. The van der Waals surface area contributed by atoms with Gasteiger partial charge in [0.2, 0.25) is 0 Å². The monoisotopic (exact) mass is 440 g/mol. The number of hydrogen-bond donors (Lipinski definition) is 1. The van der Waals surface area contributed by atoms with E-state index in [2.05, 4.69) is 5.32 Å². The number of ether oxygens (including phenoxy) is 3. The molecule has 0 aliphatic carbocycles. The highest BCUT2D eigenvalue weighted by atomic mass is 32.1. The van der Waals surface area contributed by atoms with Gasteiger partial charge >= 0.3 is 5.97 Å². The lowest BCUT2D eigenvalue weighted by molar-refractivity contribution is -0.139. The molecule has 0 saturated heterocycles. The van der Waals surface area contributed by atoms with E-state index in [4.69, 9.17) is 26.4 Å². The summed E-state index contributed by atoms with van der Waals surface area (Å²) >= 11 is 5.46. The maximum atomic E-state index is 12.7. The van der Waals surface area contributed by atoms with Crippen LogP contribution in [0.2, 0.25) is 0 Å². The summed E-state index contributed by atoms with van der Waals surface area (Å²) in [6.45, 7) is 6.80. The van der Waals surface area contributed by atoms with Gasteiger partial charge in [-0.2, -0.15) is 0 Å². The molecule has 0 amide bonds. The van der Waals surface area contributed by atoms with Crippen LogP contribution in [0.15, 0.2) is 59.8 Å². The van der Waals surface area contributed by atoms with Gasteiger partial charge in [0.05, 0.1) is 24.8 Å².